The molecule has 8 nitrogen and oxygen atoms in total. The summed E-state index contributed by atoms with van der Waals surface area (Å²) >= 11 is 1.87. The van der Waals surface area contributed by atoms with Gasteiger partial charge in [0.2, 0.25) is 0 Å². The minimum atomic E-state index is -2.14. The molecule has 0 radical (unpaired) electrons. The Balaban J connectivity index is 2.00. The van der Waals surface area contributed by atoms with E-state index in [0.29, 0.717) is 12.3 Å². The van der Waals surface area contributed by atoms with Crippen LogP contribution in [0, 0.1) is 23.2 Å². The molecule has 334 valence electrons. The van der Waals surface area contributed by atoms with E-state index in [9.17, 15) is 25.2 Å². The van der Waals surface area contributed by atoms with Crippen LogP contribution in [0.1, 0.15) is 131 Å². The van der Waals surface area contributed by atoms with Gasteiger partial charge in [0.05, 0.1) is 44.1 Å². The molecule has 1 aromatic heterocycles. The van der Waals surface area contributed by atoms with Crippen molar-refractivity contribution in [2.45, 2.75) is 193 Å². The first-order valence-corrected chi connectivity index (χ1v) is 31.6. The summed E-state index contributed by atoms with van der Waals surface area (Å²) in [5.41, 5.74) is -1.20. The summed E-state index contributed by atoms with van der Waals surface area (Å²) in [5.74, 6) is -1.11. The first-order valence-electron chi connectivity index (χ1n) is 22.1. The Labute approximate surface area is 360 Å². The van der Waals surface area contributed by atoms with E-state index in [1.807, 2.05) is 11.3 Å². The minimum absolute atomic E-state index is 0.00958. The molecule has 1 aromatic carbocycles. The number of hydrogen-bond acceptors (Lipinski definition) is 8. The Morgan fingerprint density at radius 2 is 1.22 bits per heavy atom. The molecule has 1 saturated carbocycles. The number of carboxylic acid groups (broad SMARTS) is 1. The number of hydrogen-bond donors (Lipinski definition) is 4. The maximum atomic E-state index is 12.3. The fourth-order valence-corrected chi connectivity index (χ4v) is 13.0. The van der Waals surface area contributed by atoms with Crippen LogP contribution in [-0.4, -0.2) is 83.4 Å². The van der Waals surface area contributed by atoms with E-state index in [-0.39, 0.29) is 45.8 Å². The lowest BCUT2D eigenvalue weighted by atomic mass is 9.79. The van der Waals surface area contributed by atoms with Gasteiger partial charge in [-0.1, -0.05) is 99.8 Å². The van der Waals surface area contributed by atoms with E-state index in [0.717, 1.165) is 44.9 Å². The van der Waals surface area contributed by atoms with Crippen molar-refractivity contribution >= 4 is 52.3 Å². The van der Waals surface area contributed by atoms with Crippen LogP contribution in [0.5, 0.6) is 0 Å². The predicted molar refractivity (Wildman–Crippen MR) is 250 cm³/mol. The van der Waals surface area contributed by atoms with E-state index in [1.165, 1.54) is 15.0 Å². The highest BCUT2D eigenvalue weighted by molar-refractivity contribution is 7.19. The van der Waals surface area contributed by atoms with Gasteiger partial charge in [-0.05, 0) is 122 Å². The number of carboxylic acids is 1. The molecule has 4 N–H and O–H groups in total. The van der Waals surface area contributed by atoms with Gasteiger partial charge in [-0.15, -0.1) is 11.3 Å². The normalized spacial score (nSPS) is 21.5. The zero-order valence-corrected chi connectivity index (χ0v) is 43.0. The molecule has 0 aliphatic heterocycles. The van der Waals surface area contributed by atoms with Crippen LogP contribution in [-0.2, 0) is 18.1 Å². The predicted octanol–water partition coefficient (Wildman–Crippen LogP) is 12.2. The largest absolute Gasteiger partial charge is 0.481 e. The molecule has 2 aromatic rings. The van der Waals surface area contributed by atoms with E-state index in [1.54, 1.807) is 0 Å². The van der Waals surface area contributed by atoms with Crippen molar-refractivity contribution in [3.8, 4) is 0 Å². The molecule has 1 aliphatic carbocycles. The van der Waals surface area contributed by atoms with Crippen LogP contribution >= 0.6 is 11.3 Å². The van der Waals surface area contributed by atoms with Crippen LogP contribution in [0.2, 0.25) is 54.4 Å². The maximum absolute atomic E-state index is 12.3. The van der Waals surface area contributed by atoms with Gasteiger partial charge in [0.15, 0.2) is 25.0 Å². The average molecular weight is 881 g/mol. The molecule has 1 fully saturated rings. The van der Waals surface area contributed by atoms with Gasteiger partial charge >= 0.3 is 5.97 Å². The van der Waals surface area contributed by atoms with Gasteiger partial charge in [-0.3, -0.25) is 4.79 Å². The molecular formula is C46H84O8SSi3. The number of aliphatic hydroxyl groups is 3. The van der Waals surface area contributed by atoms with Gasteiger partial charge < -0.3 is 33.7 Å². The lowest BCUT2D eigenvalue weighted by Gasteiger charge is -2.41. The highest BCUT2D eigenvalue weighted by Gasteiger charge is 2.51. The van der Waals surface area contributed by atoms with Crippen molar-refractivity contribution in [2.75, 3.05) is 19.8 Å². The fraction of sp³-hybridized carbons (Fsp3) is 0.804. The number of thiophene rings is 1. The number of unbranched alkanes of at least 4 members (excludes halogenated alkanes) is 2. The second kappa shape index (κ2) is 20.1. The lowest BCUT2D eigenvalue weighted by Crippen LogP contribution is -2.45. The Kier molecular flexibility index (Phi) is 17.8. The summed E-state index contributed by atoms with van der Waals surface area (Å²) in [6, 6.07) is 11.0. The first kappa shape index (κ1) is 51.4. The number of aliphatic carboxylic acids is 1. The SMILES string of the molecule is CC(C)(C)[Si](C)(C)O[C@H]1C[C@@H](O[Si](C)(C)C(C)(C)C)[C@H](CC[C@@H](O[Si](C)(C)C(C)(C)C)c2cc3ccccc3s2)[C@H]1CCCCCC(CC(CO)(CO)CO)C(=O)O. The number of aliphatic hydroxyl groups excluding tert-OH is 3. The Bertz CT molecular complexity index is 1540. The molecule has 58 heavy (non-hydrogen) atoms. The molecule has 6 atom stereocenters. The van der Waals surface area contributed by atoms with Crippen LogP contribution in [0.15, 0.2) is 30.3 Å². The first-order chi connectivity index (χ1) is 26.5. The molecular weight excluding hydrogens is 797 g/mol. The van der Waals surface area contributed by atoms with Crippen LogP contribution in [0.3, 0.4) is 0 Å². The summed E-state index contributed by atoms with van der Waals surface area (Å²) in [6.45, 7) is 33.7. The van der Waals surface area contributed by atoms with E-state index >= 15 is 0 Å². The summed E-state index contributed by atoms with van der Waals surface area (Å²) in [5, 5.41) is 41.2. The van der Waals surface area contributed by atoms with Crippen molar-refractivity contribution in [1.29, 1.82) is 0 Å². The zero-order valence-electron chi connectivity index (χ0n) is 39.2. The quantitative estimate of drug-likeness (QED) is 0.0680. The Morgan fingerprint density at radius 1 is 0.724 bits per heavy atom. The van der Waals surface area contributed by atoms with Gasteiger partial charge in [0.25, 0.3) is 0 Å². The fourth-order valence-electron chi connectivity index (χ4n) is 7.73. The molecule has 0 saturated heterocycles. The summed E-state index contributed by atoms with van der Waals surface area (Å²) in [6.07, 6.45) is 6.92. The number of rotatable bonds is 22. The van der Waals surface area contributed by atoms with Gasteiger partial charge in [-0.25, -0.2) is 0 Å². The van der Waals surface area contributed by atoms with E-state index < -0.39 is 62.1 Å². The monoisotopic (exact) mass is 881 g/mol. The standard InChI is InChI=1S/C46H84O8SSi3/c1-43(2,3)56(10,11)52-37(41-27-33-21-19-20-24-40(33)55-41)26-25-36-35(23-18-16-17-22-34(42(50)51)29-46(30-47,31-48)32-49)38(53-57(12,13)44(4,5)6)28-39(36)54-58(14,15)45(7,8)9/h19-21,24,27,34-39,47-49H,16-18,22-23,25-26,28-32H2,1-15H3,(H,50,51)/t34?,35-,36-,37-,38+,39-/m1/s1. The topological polar surface area (TPSA) is 126 Å². The van der Waals surface area contributed by atoms with Crippen LogP contribution < -0.4 is 0 Å². The minimum Gasteiger partial charge on any atom is -0.481 e. The summed E-state index contributed by atoms with van der Waals surface area (Å²) in [7, 11) is -6.41. The van der Waals surface area contributed by atoms with Gasteiger partial charge in [0.1, 0.15) is 0 Å². The maximum Gasteiger partial charge on any atom is 0.306 e. The molecule has 0 spiro atoms. The third kappa shape index (κ3) is 13.0. The molecule has 1 unspecified atom stereocenters. The second-order valence-electron chi connectivity index (χ2n) is 22.4. The Hall–Kier alpha value is -0.939. The Morgan fingerprint density at radius 3 is 1.69 bits per heavy atom. The third-order valence-corrected chi connectivity index (χ3v) is 29.6. The molecule has 1 heterocycles. The molecule has 3 rings (SSSR count). The second-order valence-corrected chi connectivity index (χ2v) is 37.8. The lowest BCUT2D eigenvalue weighted by molar-refractivity contribution is -0.144. The average Bonchev–Trinajstić information content (AvgIpc) is 3.66. The highest BCUT2D eigenvalue weighted by Crippen LogP contribution is 2.51. The molecule has 1 aliphatic rings. The van der Waals surface area contributed by atoms with E-state index in [2.05, 4.69) is 132 Å². The van der Waals surface area contributed by atoms with Crippen molar-refractivity contribution < 1.29 is 38.5 Å². The smallest absolute Gasteiger partial charge is 0.306 e. The van der Waals surface area contributed by atoms with Crippen LogP contribution in [0.4, 0.5) is 0 Å². The summed E-state index contributed by atoms with van der Waals surface area (Å²) < 4.78 is 23.5. The summed E-state index contributed by atoms with van der Waals surface area (Å²) in [4.78, 5) is 13.6. The molecule has 0 bridgehead atoms. The van der Waals surface area contributed by atoms with Crippen molar-refractivity contribution in [2.24, 2.45) is 23.2 Å². The van der Waals surface area contributed by atoms with Gasteiger partial charge in [-0.2, -0.15) is 0 Å². The van der Waals surface area contributed by atoms with Gasteiger partial charge in [0, 0.05) is 15.0 Å². The van der Waals surface area contributed by atoms with Crippen molar-refractivity contribution in [1.82, 2.24) is 0 Å². The molecule has 12 heteroatoms. The van der Waals surface area contributed by atoms with Crippen molar-refractivity contribution in [3.63, 3.8) is 0 Å². The van der Waals surface area contributed by atoms with E-state index in [4.69, 9.17) is 13.3 Å². The highest BCUT2D eigenvalue weighted by atomic mass is 32.1. The third-order valence-electron chi connectivity index (χ3n) is 14.9. The molecule has 0 amide bonds. The van der Waals surface area contributed by atoms with Crippen LogP contribution in [0.25, 0.3) is 10.1 Å². The number of carbonyl (C=O) groups is 1. The zero-order chi connectivity index (χ0) is 44.1. The number of benzene rings is 1. The van der Waals surface area contributed by atoms with Crippen molar-refractivity contribution in [3.05, 3.63) is 35.2 Å². The number of fused-ring (bicyclic) bond motifs is 1.